The second-order valence-electron chi connectivity index (χ2n) is 1.57. The fourth-order valence-corrected chi connectivity index (χ4v) is 1.52. The number of rotatable bonds is 0. The van der Waals surface area contributed by atoms with Crippen LogP contribution in [0.2, 0.25) is 0 Å². The summed E-state index contributed by atoms with van der Waals surface area (Å²) in [5.74, 6) is 0.0122. The molecule has 48 valence electrons. The van der Waals surface area contributed by atoms with Crippen molar-refractivity contribution in [2.24, 2.45) is 0 Å². The van der Waals surface area contributed by atoms with Gasteiger partial charge in [0.15, 0.2) is 0 Å². The second kappa shape index (κ2) is 4.78. The van der Waals surface area contributed by atoms with Gasteiger partial charge in [0.05, 0.1) is 0 Å². The minimum absolute atomic E-state index is 0. The van der Waals surface area contributed by atoms with E-state index in [1.165, 1.54) is 6.07 Å². The summed E-state index contributed by atoms with van der Waals surface area (Å²) in [5.41, 5.74) is 0. The summed E-state index contributed by atoms with van der Waals surface area (Å²) in [6.07, 6.45) is 0. The Morgan fingerprint density at radius 1 is 1.20 bits per heavy atom. The molecule has 1 nitrogen and oxygen atoms in total. The van der Waals surface area contributed by atoms with Gasteiger partial charge in [-0.2, -0.15) is 0 Å². The van der Waals surface area contributed by atoms with Gasteiger partial charge < -0.3 is 5.11 Å². The van der Waals surface area contributed by atoms with Gasteiger partial charge in [-0.3, -0.25) is 0 Å². The molecule has 1 rings (SSSR count). The molecule has 0 saturated carbocycles. The summed E-state index contributed by atoms with van der Waals surface area (Å²) < 4.78 is 1.51. The zero-order valence-electron chi connectivity index (χ0n) is 5.40. The third-order valence-electron chi connectivity index (χ3n) is 0.894. The third kappa shape index (κ3) is 2.93. The molecule has 10 heavy (non-hydrogen) atoms. The molecule has 0 aliphatic carbocycles. The van der Waals surface area contributed by atoms with E-state index in [0.717, 1.165) is 4.47 Å². The van der Waals surface area contributed by atoms with Gasteiger partial charge in [-0.1, -0.05) is 43.7 Å². The minimum atomic E-state index is 0. The van der Waals surface area contributed by atoms with Crippen molar-refractivity contribution in [3.63, 3.8) is 0 Å². The van der Waals surface area contributed by atoms with Crippen LogP contribution in [0.15, 0.2) is 27.1 Å². The molecule has 0 fully saturated rings. The van der Waals surface area contributed by atoms with Crippen LogP contribution in [0.25, 0.3) is 0 Å². The van der Waals surface area contributed by atoms with E-state index < -0.39 is 0 Å². The second-order valence-corrected chi connectivity index (χ2v) is 3.34. The van der Waals surface area contributed by atoms with Crippen LogP contribution >= 0.6 is 31.9 Å². The molecule has 4 heteroatoms. The van der Waals surface area contributed by atoms with Gasteiger partial charge in [-0.15, -0.1) is 0 Å². The van der Waals surface area contributed by atoms with Crippen LogP contribution in [-0.4, -0.2) is 0 Å². The smallest absolute Gasteiger partial charge is 0.872 e. The van der Waals surface area contributed by atoms with E-state index >= 15 is 0 Å². The first-order chi connectivity index (χ1) is 4.20. The van der Waals surface area contributed by atoms with Crippen molar-refractivity contribution < 1.29 is 34.7 Å². The summed E-state index contributed by atoms with van der Waals surface area (Å²) in [7, 11) is 0. The van der Waals surface area contributed by atoms with Crippen molar-refractivity contribution in [1.82, 2.24) is 0 Å². The molecule has 0 aliphatic heterocycles. The van der Waals surface area contributed by atoms with Crippen molar-refractivity contribution in [3.8, 4) is 5.75 Å². The van der Waals surface area contributed by atoms with Gasteiger partial charge >= 0.3 is 29.6 Å². The first-order valence-corrected chi connectivity index (χ1v) is 3.91. The average molecular weight is 274 g/mol. The van der Waals surface area contributed by atoms with Crippen molar-refractivity contribution in [2.75, 3.05) is 0 Å². The number of hydrogen-bond acceptors (Lipinski definition) is 1. The Labute approximate surface area is 98.4 Å². The molecule has 0 amide bonds. The quantitative estimate of drug-likeness (QED) is 0.573. The van der Waals surface area contributed by atoms with E-state index in [-0.39, 0.29) is 35.3 Å². The summed E-state index contributed by atoms with van der Waals surface area (Å²) in [4.78, 5) is 0. The van der Waals surface area contributed by atoms with E-state index in [9.17, 15) is 5.11 Å². The molecule has 0 bridgehead atoms. The normalized spacial score (nSPS) is 8.60. The van der Waals surface area contributed by atoms with Crippen LogP contribution in [0.4, 0.5) is 0 Å². The summed E-state index contributed by atoms with van der Waals surface area (Å²) in [5, 5.41) is 10.7. The van der Waals surface area contributed by atoms with Crippen LogP contribution in [0.3, 0.4) is 0 Å². The Balaban J connectivity index is 0.000000810. The molecule has 0 spiro atoms. The van der Waals surface area contributed by atoms with Crippen molar-refractivity contribution in [3.05, 3.63) is 27.1 Å². The zero-order valence-corrected chi connectivity index (χ0v) is 10.6. The largest absolute Gasteiger partial charge is 1.00 e. The summed E-state index contributed by atoms with van der Waals surface area (Å²) >= 11 is 6.33. The van der Waals surface area contributed by atoms with Gasteiger partial charge in [0.2, 0.25) is 0 Å². The van der Waals surface area contributed by atoms with Crippen molar-refractivity contribution in [1.29, 1.82) is 0 Å². The fraction of sp³-hybridized carbons (Fsp3) is 0. The Hall–Kier alpha value is 0.980. The summed E-state index contributed by atoms with van der Waals surface area (Å²) in [6, 6.07) is 4.95. The maximum Gasteiger partial charge on any atom is 1.00 e. The van der Waals surface area contributed by atoms with Crippen molar-refractivity contribution >= 4 is 31.9 Å². The maximum atomic E-state index is 10.7. The first kappa shape index (κ1) is 11.0. The molecular weight excluding hydrogens is 271 g/mol. The SMILES string of the molecule is [Na+].[O-]c1ccc(Br)cc1Br. The standard InChI is InChI=1S/C6H4Br2O.Na/c7-4-1-2-6(9)5(8)3-4;/h1-3,9H;/q;+1/p-1. The van der Waals surface area contributed by atoms with Crippen LogP contribution in [-0.2, 0) is 0 Å². The average Bonchev–Trinajstić information content (AvgIpc) is 1.80. The van der Waals surface area contributed by atoms with Crippen LogP contribution in [0, 0.1) is 0 Å². The minimum Gasteiger partial charge on any atom is -0.872 e. The number of hydrogen-bond donors (Lipinski definition) is 0. The first-order valence-electron chi connectivity index (χ1n) is 2.32. The van der Waals surface area contributed by atoms with Gasteiger partial charge in [0, 0.05) is 8.95 Å². The maximum absolute atomic E-state index is 10.7. The van der Waals surface area contributed by atoms with Crippen molar-refractivity contribution in [2.45, 2.75) is 0 Å². The molecule has 1 aromatic rings. The molecule has 0 atom stereocenters. The monoisotopic (exact) mass is 272 g/mol. The van der Waals surface area contributed by atoms with Gasteiger partial charge in [-0.05, 0) is 12.1 Å². The van der Waals surface area contributed by atoms with Gasteiger partial charge in [-0.25, -0.2) is 0 Å². The molecular formula is C6H3Br2NaO. The third-order valence-corrected chi connectivity index (χ3v) is 2.01. The number of halogens is 2. The Kier molecular flexibility index (Phi) is 5.24. The molecule has 0 aliphatic rings. The number of benzene rings is 1. The molecule has 1 aromatic carbocycles. The molecule has 0 radical (unpaired) electrons. The molecule has 0 heterocycles. The molecule has 0 saturated heterocycles. The van der Waals surface area contributed by atoms with E-state index in [1.54, 1.807) is 12.1 Å². The van der Waals surface area contributed by atoms with E-state index in [0.29, 0.717) is 4.47 Å². The van der Waals surface area contributed by atoms with E-state index in [2.05, 4.69) is 31.9 Å². The Bertz CT molecular complexity index is 227. The Morgan fingerprint density at radius 2 is 1.80 bits per heavy atom. The molecule has 0 unspecified atom stereocenters. The van der Waals surface area contributed by atoms with Gasteiger partial charge in [0.1, 0.15) is 0 Å². The van der Waals surface area contributed by atoms with Crippen LogP contribution in [0.5, 0.6) is 5.75 Å². The fourth-order valence-electron chi connectivity index (χ4n) is 0.475. The Morgan fingerprint density at radius 3 is 2.20 bits per heavy atom. The predicted molar refractivity (Wildman–Crippen MR) is 41.3 cm³/mol. The van der Waals surface area contributed by atoms with Crippen LogP contribution < -0.4 is 34.7 Å². The van der Waals surface area contributed by atoms with Crippen LogP contribution in [0.1, 0.15) is 0 Å². The van der Waals surface area contributed by atoms with Gasteiger partial charge in [0.25, 0.3) is 0 Å². The van der Waals surface area contributed by atoms with E-state index in [4.69, 9.17) is 0 Å². The van der Waals surface area contributed by atoms with E-state index in [1.807, 2.05) is 0 Å². The predicted octanol–water partition coefficient (Wildman–Crippen LogP) is -0.711. The topological polar surface area (TPSA) is 23.1 Å². The molecule has 0 aromatic heterocycles. The summed E-state index contributed by atoms with van der Waals surface area (Å²) in [6.45, 7) is 0. The zero-order chi connectivity index (χ0) is 6.85. The molecule has 0 N–H and O–H groups in total.